The molecule has 3 aliphatic rings. The molecule has 2 N–H and O–H groups in total. The summed E-state index contributed by atoms with van der Waals surface area (Å²) < 4.78 is 28.2. The van der Waals surface area contributed by atoms with Gasteiger partial charge in [-0.25, -0.2) is 0 Å². The fourth-order valence-corrected chi connectivity index (χ4v) is 8.29. The zero-order valence-corrected chi connectivity index (χ0v) is 26.7. The summed E-state index contributed by atoms with van der Waals surface area (Å²) in [7, 11) is 0. The maximum atomic E-state index is 10.9. The Morgan fingerprint density at radius 3 is 2.11 bits per heavy atom. The van der Waals surface area contributed by atoms with Crippen LogP contribution in [0.2, 0.25) is 0 Å². The molecule has 44 heavy (non-hydrogen) atoms. The molecular formula is C37H54O7. The first-order valence-electron chi connectivity index (χ1n) is 17.0. The van der Waals surface area contributed by atoms with Crippen molar-refractivity contribution in [2.75, 3.05) is 59.5 Å². The molecule has 0 spiro atoms. The van der Waals surface area contributed by atoms with Crippen LogP contribution in [0.1, 0.15) is 74.5 Å². The number of ether oxygens (including phenoxy) is 5. The van der Waals surface area contributed by atoms with Crippen molar-refractivity contribution in [3.05, 3.63) is 65.2 Å². The highest BCUT2D eigenvalue weighted by molar-refractivity contribution is 5.40. The number of unbranched alkanes of at least 4 members (excludes halogenated alkanes) is 1. The van der Waals surface area contributed by atoms with E-state index in [9.17, 15) is 10.2 Å². The molecule has 6 atom stereocenters. The molecule has 0 amide bonds. The van der Waals surface area contributed by atoms with Crippen molar-refractivity contribution in [1.29, 1.82) is 0 Å². The van der Waals surface area contributed by atoms with Gasteiger partial charge in [0, 0.05) is 6.61 Å². The van der Waals surface area contributed by atoms with Crippen molar-refractivity contribution in [2.24, 2.45) is 23.2 Å². The first-order valence-corrected chi connectivity index (χ1v) is 17.0. The zero-order chi connectivity index (χ0) is 30.6. The van der Waals surface area contributed by atoms with Gasteiger partial charge in [0.05, 0.1) is 65.6 Å². The van der Waals surface area contributed by atoms with Crippen LogP contribution in [-0.4, -0.2) is 75.8 Å². The average molecular weight is 611 g/mol. The standard InChI is InChI=1S/C37H54O7/c1-37-15-14-33-32-11-10-31(38)26-30(32)25-29(36(33)34(37)12-13-35(37)39)9-5-6-16-40-17-18-41-19-20-42-21-22-43-23-24-44-27-28-7-3-2-4-8-28/h2-4,7-8,10-11,26,29,33-36,38-39H,5-6,9,12-25,27H2,1H3. The number of aliphatic hydroxyl groups is 1. The van der Waals surface area contributed by atoms with Crippen LogP contribution in [0.15, 0.2) is 48.5 Å². The molecule has 0 saturated heterocycles. The number of rotatable bonds is 19. The number of hydrogen-bond donors (Lipinski definition) is 2. The van der Waals surface area contributed by atoms with E-state index in [1.54, 1.807) is 0 Å². The van der Waals surface area contributed by atoms with Gasteiger partial charge in [-0.2, -0.15) is 0 Å². The van der Waals surface area contributed by atoms with Crippen LogP contribution in [0.25, 0.3) is 0 Å². The molecule has 7 nitrogen and oxygen atoms in total. The van der Waals surface area contributed by atoms with Gasteiger partial charge in [-0.3, -0.25) is 0 Å². The molecule has 0 bridgehead atoms. The smallest absolute Gasteiger partial charge is 0.115 e. The molecular weight excluding hydrogens is 556 g/mol. The second-order valence-corrected chi connectivity index (χ2v) is 13.3. The number of aromatic hydroxyl groups is 1. The number of phenols is 1. The third-order valence-corrected chi connectivity index (χ3v) is 10.5. The van der Waals surface area contributed by atoms with E-state index in [4.69, 9.17) is 23.7 Å². The highest BCUT2D eigenvalue weighted by atomic mass is 16.6. The van der Waals surface area contributed by atoms with E-state index in [2.05, 4.69) is 25.1 Å². The molecule has 2 aromatic rings. The van der Waals surface area contributed by atoms with Gasteiger partial charge < -0.3 is 33.9 Å². The van der Waals surface area contributed by atoms with Crippen LogP contribution in [0.3, 0.4) is 0 Å². The summed E-state index contributed by atoms with van der Waals surface area (Å²) in [5.41, 5.74) is 4.03. The Balaban J connectivity index is 0.887. The first kappa shape index (κ1) is 33.4. The van der Waals surface area contributed by atoms with Crippen LogP contribution in [0.5, 0.6) is 5.75 Å². The van der Waals surface area contributed by atoms with E-state index in [1.807, 2.05) is 30.3 Å². The molecule has 2 aromatic carbocycles. The van der Waals surface area contributed by atoms with Gasteiger partial charge in [0.15, 0.2) is 0 Å². The van der Waals surface area contributed by atoms with Gasteiger partial charge >= 0.3 is 0 Å². The number of benzene rings is 2. The number of hydrogen-bond acceptors (Lipinski definition) is 7. The topological polar surface area (TPSA) is 86.6 Å². The third-order valence-electron chi connectivity index (χ3n) is 10.5. The number of fused-ring (bicyclic) bond motifs is 5. The molecule has 2 saturated carbocycles. The van der Waals surface area contributed by atoms with Crippen molar-refractivity contribution in [3.8, 4) is 5.75 Å². The summed E-state index contributed by atoms with van der Waals surface area (Å²) in [6, 6.07) is 16.2. The summed E-state index contributed by atoms with van der Waals surface area (Å²) in [5, 5.41) is 21.1. The molecule has 3 aliphatic carbocycles. The van der Waals surface area contributed by atoms with Gasteiger partial charge in [-0.1, -0.05) is 49.7 Å². The van der Waals surface area contributed by atoms with Crippen LogP contribution >= 0.6 is 0 Å². The van der Waals surface area contributed by atoms with Crippen LogP contribution < -0.4 is 0 Å². The minimum absolute atomic E-state index is 0.0634. The minimum atomic E-state index is -0.160. The van der Waals surface area contributed by atoms with E-state index in [1.165, 1.54) is 23.1 Å². The Morgan fingerprint density at radius 2 is 1.41 bits per heavy atom. The van der Waals surface area contributed by atoms with Crippen molar-refractivity contribution >= 4 is 0 Å². The molecule has 6 unspecified atom stereocenters. The van der Waals surface area contributed by atoms with Crippen LogP contribution in [0.4, 0.5) is 0 Å². The van der Waals surface area contributed by atoms with Gasteiger partial charge in [0.1, 0.15) is 5.75 Å². The van der Waals surface area contributed by atoms with E-state index < -0.39 is 0 Å². The van der Waals surface area contributed by atoms with Crippen molar-refractivity contribution in [3.63, 3.8) is 0 Å². The summed E-state index contributed by atoms with van der Waals surface area (Å²) >= 11 is 0. The maximum Gasteiger partial charge on any atom is 0.115 e. The first-order chi connectivity index (χ1) is 21.6. The summed E-state index contributed by atoms with van der Waals surface area (Å²) in [5.74, 6) is 2.77. The second-order valence-electron chi connectivity index (χ2n) is 13.3. The van der Waals surface area contributed by atoms with E-state index >= 15 is 0 Å². The molecule has 5 rings (SSSR count). The van der Waals surface area contributed by atoms with Gasteiger partial charge in [-0.15, -0.1) is 0 Å². The fraction of sp³-hybridized carbons (Fsp3) is 0.676. The number of phenolic OH excluding ortho intramolecular Hbond substituents is 1. The lowest BCUT2D eigenvalue weighted by atomic mass is 9.52. The molecule has 0 aliphatic heterocycles. The molecule has 7 heteroatoms. The lowest BCUT2D eigenvalue weighted by Crippen LogP contribution is -2.47. The quantitative estimate of drug-likeness (QED) is 0.181. The van der Waals surface area contributed by atoms with Crippen LogP contribution in [0, 0.1) is 23.2 Å². The lowest BCUT2D eigenvalue weighted by Gasteiger charge is -2.53. The lowest BCUT2D eigenvalue weighted by molar-refractivity contribution is -0.0399. The SMILES string of the molecule is CC12CCC3c4ccc(O)cc4CC(CCCCOCCOCCOCCOCCOCc4ccccc4)C3C1CCC2O. The molecule has 0 heterocycles. The largest absolute Gasteiger partial charge is 0.508 e. The third kappa shape index (κ3) is 8.83. The Labute approximate surface area is 264 Å². The summed E-state index contributed by atoms with van der Waals surface area (Å²) in [4.78, 5) is 0. The van der Waals surface area contributed by atoms with Gasteiger partial charge in [0.2, 0.25) is 0 Å². The van der Waals surface area contributed by atoms with Gasteiger partial charge in [0.25, 0.3) is 0 Å². The predicted octanol–water partition coefficient (Wildman–Crippen LogP) is 6.29. The Hall–Kier alpha value is -2.00. The van der Waals surface area contributed by atoms with E-state index in [0.717, 1.165) is 51.6 Å². The molecule has 0 radical (unpaired) electrons. The number of aliphatic hydroxyl groups excluding tert-OH is 1. The second kappa shape index (κ2) is 17.1. The van der Waals surface area contributed by atoms with Crippen molar-refractivity contribution in [1.82, 2.24) is 0 Å². The minimum Gasteiger partial charge on any atom is -0.508 e. The summed E-state index contributed by atoms with van der Waals surface area (Å²) in [6.45, 7) is 8.23. The van der Waals surface area contributed by atoms with Crippen molar-refractivity contribution < 1.29 is 33.9 Å². The molecule has 0 aromatic heterocycles. The monoisotopic (exact) mass is 610 g/mol. The predicted molar refractivity (Wildman–Crippen MR) is 171 cm³/mol. The maximum absolute atomic E-state index is 10.9. The highest BCUT2D eigenvalue weighted by Gasteiger charge is 2.56. The van der Waals surface area contributed by atoms with Crippen molar-refractivity contribution in [2.45, 2.75) is 76.9 Å². The Bertz CT molecular complexity index is 1110. The normalized spacial score (nSPS) is 27.5. The van der Waals surface area contributed by atoms with Gasteiger partial charge in [-0.05, 0) is 103 Å². The Kier molecular flexibility index (Phi) is 12.9. The highest BCUT2D eigenvalue weighted by Crippen LogP contribution is 2.62. The molecule has 2 fully saturated rings. The van der Waals surface area contributed by atoms with E-state index in [-0.39, 0.29) is 11.5 Å². The fourth-order valence-electron chi connectivity index (χ4n) is 8.29. The van der Waals surface area contributed by atoms with Crippen LogP contribution in [-0.2, 0) is 36.7 Å². The summed E-state index contributed by atoms with van der Waals surface area (Å²) in [6.07, 6.45) is 8.60. The zero-order valence-electron chi connectivity index (χ0n) is 26.7. The Morgan fingerprint density at radius 1 is 0.750 bits per heavy atom. The average Bonchev–Trinajstić information content (AvgIpc) is 3.34. The van der Waals surface area contributed by atoms with E-state index in [0.29, 0.717) is 88.9 Å². The molecule has 244 valence electrons.